The average Bonchev–Trinajstić information content (AvgIpc) is 2.86. The second-order valence-electron chi connectivity index (χ2n) is 6.43. The summed E-state index contributed by atoms with van der Waals surface area (Å²) >= 11 is 1.49. The third-order valence-electron chi connectivity index (χ3n) is 4.30. The Morgan fingerprint density at radius 2 is 1.96 bits per heavy atom. The van der Waals surface area contributed by atoms with Gasteiger partial charge in [-0.3, -0.25) is 9.59 Å². The average molecular weight is 364 g/mol. The fourth-order valence-corrected chi connectivity index (χ4v) is 4.74. The fourth-order valence-electron chi connectivity index (χ4n) is 3.12. The molecule has 0 aliphatic carbocycles. The second-order valence-corrected chi connectivity index (χ2v) is 8.20. The van der Waals surface area contributed by atoms with Gasteiger partial charge in [-0.2, -0.15) is 0 Å². The number of fused-ring (bicyclic) bond motifs is 1. The van der Waals surface area contributed by atoms with Gasteiger partial charge in [-0.1, -0.05) is 18.2 Å². The Hall–Kier alpha value is -2.22. The summed E-state index contributed by atoms with van der Waals surface area (Å²) in [5.74, 6) is -0.500. The molecule has 3 atom stereocenters. The van der Waals surface area contributed by atoms with Crippen LogP contribution < -0.4 is 10.1 Å². The Bertz CT molecular complexity index is 694. The smallest absolute Gasteiger partial charge is 0.330 e. The molecule has 3 rings (SSSR count). The Balaban J connectivity index is 1.59. The summed E-state index contributed by atoms with van der Waals surface area (Å²) in [5, 5.41) is 2.42. The normalized spacial score (nSPS) is 26.4. The highest BCUT2D eigenvalue weighted by Gasteiger charge is 2.64. The van der Waals surface area contributed by atoms with Crippen LogP contribution in [0.25, 0.3) is 0 Å². The van der Waals surface area contributed by atoms with Gasteiger partial charge in [0.2, 0.25) is 5.91 Å². The van der Waals surface area contributed by atoms with E-state index in [1.165, 1.54) is 23.8 Å². The van der Waals surface area contributed by atoms with E-state index in [1.54, 1.807) is 12.1 Å². The van der Waals surface area contributed by atoms with Crippen LogP contribution in [0.3, 0.4) is 0 Å². The number of amides is 2. The van der Waals surface area contributed by atoms with Crippen LogP contribution in [-0.4, -0.2) is 58.6 Å². The van der Waals surface area contributed by atoms with Crippen LogP contribution in [0.4, 0.5) is 0 Å². The number of β-lactam (4-membered cyclic amide) rings is 1. The molecule has 134 valence electrons. The lowest BCUT2D eigenvalue weighted by atomic mass is 9.96. The summed E-state index contributed by atoms with van der Waals surface area (Å²) < 4.78 is 9.73. The summed E-state index contributed by atoms with van der Waals surface area (Å²) in [7, 11) is 1.31. The summed E-state index contributed by atoms with van der Waals surface area (Å²) in [4.78, 5) is 38.0. The van der Waals surface area contributed by atoms with Crippen molar-refractivity contribution < 1.29 is 23.9 Å². The minimum atomic E-state index is -0.647. The van der Waals surface area contributed by atoms with Gasteiger partial charge in [-0.25, -0.2) is 4.79 Å². The number of benzene rings is 1. The molecule has 2 aliphatic rings. The van der Waals surface area contributed by atoms with Crippen molar-refractivity contribution in [3.8, 4) is 5.75 Å². The van der Waals surface area contributed by atoms with Crippen molar-refractivity contribution in [2.75, 3.05) is 13.7 Å². The van der Waals surface area contributed by atoms with E-state index in [4.69, 9.17) is 9.47 Å². The number of hydrogen-bond donors (Lipinski definition) is 1. The largest absolute Gasteiger partial charge is 0.484 e. The van der Waals surface area contributed by atoms with Gasteiger partial charge in [0.25, 0.3) is 5.91 Å². The van der Waals surface area contributed by atoms with Gasteiger partial charge in [-0.05, 0) is 26.0 Å². The first-order valence-electron chi connectivity index (χ1n) is 7.90. The summed E-state index contributed by atoms with van der Waals surface area (Å²) in [6, 6.07) is 7.68. The highest BCUT2D eigenvalue weighted by molar-refractivity contribution is 8.01. The lowest BCUT2D eigenvalue weighted by Gasteiger charge is -2.43. The molecule has 0 saturated carbocycles. The number of nitrogens with zero attached hydrogens (tertiary/aromatic N) is 1. The van der Waals surface area contributed by atoms with Crippen molar-refractivity contribution in [3.63, 3.8) is 0 Å². The molecule has 2 saturated heterocycles. The molecule has 0 radical (unpaired) electrons. The molecule has 2 aliphatic heterocycles. The molecule has 1 N–H and O–H groups in total. The van der Waals surface area contributed by atoms with E-state index in [0.717, 1.165) is 0 Å². The first kappa shape index (κ1) is 17.6. The number of methoxy groups -OCH3 is 1. The van der Waals surface area contributed by atoms with Gasteiger partial charge >= 0.3 is 5.97 Å². The SMILES string of the molecule is COC(=O)C1N2C(=O)C(NC(=O)COc3ccccc3)[C@H]2SC1(C)C. The highest BCUT2D eigenvalue weighted by atomic mass is 32.2. The molecule has 2 amide bonds. The number of hydrogen-bond acceptors (Lipinski definition) is 6. The molecule has 2 fully saturated rings. The number of para-hydroxylation sites is 1. The molecule has 0 spiro atoms. The van der Waals surface area contributed by atoms with Crippen LogP contribution in [-0.2, 0) is 19.1 Å². The standard InChI is InChI=1S/C17H20N2O5S/c1-17(2)13(16(22)23-3)19-14(21)12(15(19)25-17)18-11(20)9-24-10-7-5-4-6-8-10/h4-8,12-13,15H,9H2,1-3H3,(H,18,20)/t12?,13?,15-/m1/s1. The Labute approximate surface area is 150 Å². The van der Waals surface area contributed by atoms with Crippen molar-refractivity contribution >= 4 is 29.5 Å². The number of carbonyl (C=O) groups is 3. The Morgan fingerprint density at radius 1 is 1.28 bits per heavy atom. The van der Waals surface area contributed by atoms with Crippen LogP contribution in [0.2, 0.25) is 0 Å². The van der Waals surface area contributed by atoms with E-state index in [1.807, 2.05) is 32.0 Å². The van der Waals surface area contributed by atoms with Gasteiger partial charge in [-0.15, -0.1) is 11.8 Å². The van der Waals surface area contributed by atoms with Gasteiger partial charge in [0, 0.05) is 4.75 Å². The van der Waals surface area contributed by atoms with Gasteiger partial charge in [0.1, 0.15) is 23.2 Å². The number of thioether (sulfide) groups is 1. The second kappa shape index (κ2) is 6.59. The maximum atomic E-state index is 12.4. The van der Waals surface area contributed by atoms with E-state index in [0.29, 0.717) is 5.75 Å². The molecule has 1 aromatic carbocycles. The van der Waals surface area contributed by atoms with Gasteiger partial charge in [0.15, 0.2) is 6.61 Å². The van der Waals surface area contributed by atoms with Crippen molar-refractivity contribution in [1.82, 2.24) is 10.2 Å². The van der Waals surface area contributed by atoms with Crippen LogP contribution in [0, 0.1) is 0 Å². The third-order valence-corrected chi connectivity index (χ3v) is 5.87. The van der Waals surface area contributed by atoms with Crippen LogP contribution >= 0.6 is 11.8 Å². The molecule has 7 nitrogen and oxygen atoms in total. The van der Waals surface area contributed by atoms with Crippen molar-refractivity contribution in [2.24, 2.45) is 0 Å². The van der Waals surface area contributed by atoms with E-state index in [2.05, 4.69) is 5.32 Å². The minimum Gasteiger partial charge on any atom is -0.484 e. The van der Waals surface area contributed by atoms with Crippen LogP contribution in [0.1, 0.15) is 13.8 Å². The third kappa shape index (κ3) is 3.18. The predicted octanol–water partition coefficient (Wildman–Crippen LogP) is 0.786. The number of nitrogens with one attached hydrogen (secondary N) is 1. The van der Waals surface area contributed by atoms with Crippen LogP contribution in [0.15, 0.2) is 30.3 Å². The first-order chi connectivity index (χ1) is 11.8. The van der Waals surface area contributed by atoms with Crippen LogP contribution in [0.5, 0.6) is 5.75 Å². The number of esters is 1. The van der Waals surface area contributed by atoms with Gasteiger partial charge in [0.05, 0.1) is 7.11 Å². The molecule has 2 heterocycles. The van der Waals surface area contributed by atoms with Crippen molar-refractivity contribution in [2.45, 2.75) is 36.1 Å². The summed E-state index contributed by atoms with van der Waals surface area (Å²) in [6.45, 7) is 3.61. The van der Waals surface area contributed by atoms with Gasteiger partial charge < -0.3 is 19.7 Å². The monoisotopic (exact) mass is 364 g/mol. The van der Waals surface area contributed by atoms with Crippen molar-refractivity contribution in [3.05, 3.63) is 30.3 Å². The molecular weight excluding hydrogens is 344 g/mol. The number of rotatable bonds is 5. The van der Waals surface area contributed by atoms with E-state index in [9.17, 15) is 14.4 Å². The summed E-state index contributed by atoms with van der Waals surface area (Å²) in [6.07, 6.45) is 0. The molecule has 1 aromatic rings. The fraction of sp³-hybridized carbons (Fsp3) is 0.471. The topological polar surface area (TPSA) is 84.9 Å². The molecular formula is C17H20N2O5S. The Kier molecular flexibility index (Phi) is 4.64. The maximum absolute atomic E-state index is 12.4. The Morgan fingerprint density at radius 3 is 2.60 bits per heavy atom. The highest BCUT2D eigenvalue weighted by Crippen LogP contribution is 2.50. The number of carbonyl (C=O) groups excluding carboxylic acids is 3. The lowest BCUT2D eigenvalue weighted by molar-refractivity contribution is -0.162. The zero-order valence-electron chi connectivity index (χ0n) is 14.2. The molecule has 0 bridgehead atoms. The zero-order chi connectivity index (χ0) is 18.2. The summed E-state index contributed by atoms with van der Waals surface area (Å²) in [5.41, 5.74) is 0. The molecule has 25 heavy (non-hydrogen) atoms. The quantitative estimate of drug-likeness (QED) is 0.614. The molecule has 2 unspecified atom stereocenters. The van der Waals surface area contributed by atoms with E-state index < -0.39 is 22.8 Å². The van der Waals surface area contributed by atoms with Crippen molar-refractivity contribution in [1.29, 1.82) is 0 Å². The minimum absolute atomic E-state index is 0.172. The van der Waals surface area contributed by atoms with E-state index in [-0.39, 0.29) is 23.8 Å². The first-order valence-corrected chi connectivity index (χ1v) is 8.78. The maximum Gasteiger partial charge on any atom is 0.330 e. The lowest BCUT2D eigenvalue weighted by Crippen LogP contribution is -2.71. The van der Waals surface area contributed by atoms with E-state index >= 15 is 0 Å². The molecule has 8 heteroatoms. The number of ether oxygens (including phenoxy) is 2. The predicted molar refractivity (Wildman–Crippen MR) is 92.0 cm³/mol. The molecule has 0 aromatic heterocycles. The zero-order valence-corrected chi connectivity index (χ0v) is 15.0.